The first-order valence-electron chi connectivity index (χ1n) is 17.8. The summed E-state index contributed by atoms with van der Waals surface area (Å²) >= 11 is 0. The number of rotatable bonds is 9. The van der Waals surface area contributed by atoms with E-state index in [1.165, 1.54) is 27.9 Å². The van der Waals surface area contributed by atoms with Crippen molar-refractivity contribution in [3.8, 4) is 34.1 Å². The van der Waals surface area contributed by atoms with Crippen LogP contribution in [0, 0.1) is 0 Å². The number of morpholine rings is 1. The molecule has 6 nitrogen and oxygen atoms in total. The van der Waals surface area contributed by atoms with Gasteiger partial charge in [-0.2, -0.15) is 0 Å². The minimum absolute atomic E-state index is 0.300. The first-order valence-corrected chi connectivity index (χ1v) is 17.8. The number of hydrogen-bond donors (Lipinski definition) is 0. The molecule has 2 heterocycles. The summed E-state index contributed by atoms with van der Waals surface area (Å²) in [6.45, 7) is 10.8. The quantitative estimate of drug-likeness (QED) is 0.146. The fourth-order valence-corrected chi connectivity index (χ4v) is 8.05. The van der Waals surface area contributed by atoms with E-state index < -0.39 is 5.60 Å². The Morgan fingerprint density at radius 2 is 1.42 bits per heavy atom. The summed E-state index contributed by atoms with van der Waals surface area (Å²) < 4.78 is 30.7. The van der Waals surface area contributed by atoms with Gasteiger partial charge in [0.1, 0.15) is 23.0 Å². The van der Waals surface area contributed by atoms with Crippen LogP contribution in [0.4, 0.5) is 5.69 Å². The van der Waals surface area contributed by atoms with E-state index in [1.807, 2.05) is 6.07 Å². The van der Waals surface area contributed by atoms with Crippen LogP contribution < -0.4 is 23.8 Å². The maximum absolute atomic E-state index is 7.54. The molecule has 0 saturated carbocycles. The summed E-state index contributed by atoms with van der Waals surface area (Å²) in [6, 6.07) is 30.1. The van der Waals surface area contributed by atoms with E-state index in [0.29, 0.717) is 6.61 Å². The second kappa shape index (κ2) is 12.7. The predicted octanol–water partition coefficient (Wildman–Crippen LogP) is 9.53. The number of benzene rings is 5. The van der Waals surface area contributed by atoms with Gasteiger partial charge in [0.2, 0.25) is 0 Å². The maximum atomic E-state index is 7.54. The molecule has 2 aliphatic heterocycles. The van der Waals surface area contributed by atoms with Crippen LogP contribution in [0.2, 0.25) is 0 Å². The lowest BCUT2D eigenvalue weighted by Crippen LogP contribution is -2.37. The zero-order valence-corrected chi connectivity index (χ0v) is 29.7. The summed E-state index contributed by atoms with van der Waals surface area (Å²) in [5.41, 5.74) is 8.16. The highest BCUT2D eigenvalue weighted by atomic mass is 16.5. The highest BCUT2D eigenvalue weighted by Gasteiger charge is 2.44. The van der Waals surface area contributed by atoms with Crippen LogP contribution >= 0.6 is 0 Å². The number of nitrogens with zero attached hydrogens (tertiary/aromatic N) is 1. The van der Waals surface area contributed by atoms with E-state index in [0.717, 1.165) is 89.6 Å². The summed E-state index contributed by atoms with van der Waals surface area (Å²) in [4.78, 5) is 2.38. The van der Waals surface area contributed by atoms with Crippen LogP contribution in [0.25, 0.3) is 28.0 Å². The van der Waals surface area contributed by atoms with Gasteiger partial charge in [-0.05, 0) is 94.7 Å². The lowest BCUT2D eigenvalue weighted by atomic mass is 9.76. The standard InChI is InChI=1S/C44H45NO5/c1-6-7-24-49-32-14-10-30(11-15-32)44(29-8-12-31(13-9-29)45-22-25-48-26-23-45)21-20-37-41-40(36-19-17-34(47-5)28-39(36)43(41,2)3)38-27-33(46-4)16-18-35(38)42(37)50-44/h8-21,27-28H,6-7,22-26H2,1-5H3. The van der Waals surface area contributed by atoms with E-state index >= 15 is 0 Å². The third-order valence-electron chi connectivity index (χ3n) is 10.8. The fourth-order valence-electron chi connectivity index (χ4n) is 8.05. The molecule has 0 spiro atoms. The molecule has 6 heteroatoms. The van der Waals surface area contributed by atoms with Gasteiger partial charge >= 0.3 is 0 Å². The molecule has 50 heavy (non-hydrogen) atoms. The molecule has 5 aromatic rings. The van der Waals surface area contributed by atoms with Crippen LogP contribution in [0.1, 0.15) is 61.4 Å². The van der Waals surface area contributed by atoms with Crippen molar-refractivity contribution < 1.29 is 23.7 Å². The van der Waals surface area contributed by atoms with Crippen molar-refractivity contribution in [2.24, 2.45) is 0 Å². The van der Waals surface area contributed by atoms with Gasteiger partial charge in [0.05, 0.1) is 34.0 Å². The molecular formula is C44H45NO5. The minimum Gasteiger partial charge on any atom is -0.497 e. The molecule has 5 aromatic carbocycles. The largest absolute Gasteiger partial charge is 0.497 e. The first-order chi connectivity index (χ1) is 24.4. The number of fused-ring (bicyclic) bond motifs is 8. The Morgan fingerprint density at radius 1 is 0.760 bits per heavy atom. The normalized spacial score (nSPS) is 18.6. The van der Waals surface area contributed by atoms with Crippen LogP contribution in [0.5, 0.6) is 23.0 Å². The molecular weight excluding hydrogens is 622 g/mol. The Labute approximate surface area is 295 Å². The number of ether oxygens (including phenoxy) is 5. The minimum atomic E-state index is -0.877. The van der Waals surface area contributed by atoms with E-state index in [9.17, 15) is 0 Å². The smallest absolute Gasteiger partial charge is 0.178 e. The van der Waals surface area contributed by atoms with E-state index in [2.05, 4.69) is 117 Å². The van der Waals surface area contributed by atoms with Gasteiger partial charge in [-0.3, -0.25) is 0 Å². The second-order valence-corrected chi connectivity index (χ2v) is 14.0. The number of methoxy groups -OCH3 is 2. The highest BCUT2D eigenvalue weighted by molar-refractivity contribution is 6.09. The molecule has 1 fully saturated rings. The van der Waals surface area contributed by atoms with Crippen LogP contribution in [0.3, 0.4) is 0 Å². The molecule has 1 saturated heterocycles. The zero-order chi connectivity index (χ0) is 34.5. The molecule has 0 aromatic heterocycles. The van der Waals surface area contributed by atoms with E-state index in [1.54, 1.807) is 14.2 Å². The Kier molecular flexibility index (Phi) is 8.23. The lowest BCUT2D eigenvalue weighted by molar-refractivity contribution is 0.122. The van der Waals surface area contributed by atoms with Crippen molar-refractivity contribution in [1.29, 1.82) is 0 Å². The second-order valence-electron chi connectivity index (χ2n) is 14.0. The first kappa shape index (κ1) is 32.3. The summed E-state index contributed by atoms with van der Waals surface area (Å²) in [5, 5.41) is 2.17. The Hall–Kier alpha value is -4.94. The average molecular weight is 668 g/mol. The van der Waals surface area contributed by atoms with Crippen molar-refractivity contribution in [1.82, 2.24) is 0 Å². The van der Waals surface area contributed by atoms with Gasteiger partial charge in [0.25, 0.3) is 0 Å². The van der Waals surface area contributed by atoms with Gasteiger partial charge in [-0.1, -0.05) is 63.6 Å². The van der Waals surface area contributed by atoms with Crippen molar-refractivity contribution >= 4 is 22.5 Å². The third kappa shape index (κ3) is 5.20. The van der Waals surface area contributed by atoms with Crippen LogP contribution in [-0.2, 0) is 15.8 Å². The van der Waals surface area contributed by atoms with Gasteiger partial charge in [0.15, 0.2) is 5.60 Å². The van der Waals surface area contributed by atoms with Gasteiger partial charge in [-0.25, -0.2) is 0 Å². The molecule has 1 unspecified atom stereocenters. The highest BCUT2D eigenvalue weighted by Crippen LogP contribution is 2.59. The Balaban J connectivity index is 1.32. The molecule has 0 radical (unpaired) electrons. The van der Waals surface area contributed by atoms with Crippen molar-refractivity contribution in [2.75, 3.05) is 52.0 Å². The number of unbranched alkanes of at least 4 members (excludes halogenated alkanes) is 1. The van der Waals surface area contributed by atoms with E-state index in [-0.39, 0.29) is 5.41 Å². The van der Waals surface area contributed by atoms with Crippen molar-refractivity contribution in [3.05, 3.63) is 119 Å². The molecule has 256 valence electrons. The zero-order valence-electron chi connectivity index (χ0n) is 29.7. The predicted molar refractivity (Wildman–Crippen MR) is 201 cm³/mol. The summed E-state index contributed by atoms with van der Waals surface area (Å²) in [5.74, 6) is 3.41. The van der Waals surface area contributed by atoms with Crippen molar-refractivity contribution in [2.45, 2.75) is 44.6 Å². The molecule has 1 aliphatic carbocycles. The fraction of sp³-hybridized carbons (Fsp3) is 0.318. The summed E-state index contributed by atoms with van der Waals surface area (Å²) in [7, 11) is 3.45. The Bertz CT molecular complexity index is 2080. The maximum Gasteiger partial charge on any atom is 0.178 e. The molecule has 1 atom stereocenters. The molecule has 0 amide bonds. The third-order valence-corrected chi connectivity index (χ3v) is 10.8. The van der Waals surface area contributed by atoms with Gasteiger partial charge < -0.3 is 28.6 Å². The molecule has 3 aliphatic rings. The Morgan fingerprint density at radius 3 is 2.12 bits per heavy atom. The van der Waals surface area contributed by atoms with E-state index in [4.69, 9.17) is 23.7 Å². The summed E-state index contributed by atoms with van der Waals surface area (Å²) in [6.07, 6.45) is 6.67. The van der Waals surface area contributed by atoms with Crippen LogP contribution in [-0.4, -0.2) is 47.1 Å². The molecule has 0 N–H and O–H groups in total. The molecule has 8 rings (SSSR count). The van der Waals surface area contributed by atoms with Gasteiger partial charge in [-0.15, -0.1) is 0 Å². The number of anilines is 1. The average Bonchev–Trinajstić information content (AvgIpc) is 3.41. The SMILES string of the molecule is CCCCOc1ccc(C2(c3ccc(N4CCOCC4)cc3)C=Cc3c4c(c5cc(OC)ccc5c3O2)-c2ccc(OC)cc2C4(C)C)cc1. The number of hydrogen-bond acceptors (Lipinski definition) is 6. The topological polar surface area (TPSA) is 49.4 Å². The van der Waals surface area contributed by atoms with Gasteiger partial charge in [0, 0.05) is 46.3 Å². The molecule has 0 bridgehead atoms. The van der Waals surface area contributed by atoms with Crippen molar-refractivity contribution in [3.63, 3.8) is 0 Å². The lowest BCUT2D eigenvalue weighted by Gasteiger charge is -2.39. The van der Waals surface area contributed by atoms with Crippen LogP contribution in [0.15, 0.2) is 91.0 Å². The monoisotopic (exact) mass is 667 g/mol.